The predicted octanol–water partition coefficient (Wildman–Crippen LogP) is 27.3. The maximum absolute atomic E-state index is 7.09. The summed E-state index contributed by atoms with van der Waals surface area (Å²) in [7, 11) is 0. The van der Waals surface area contributed by atoms with Gasteiger partial charge in [0.2, 0.25) is 0 Å². The lowest BCUT2D eigenvalue weighted by Gasteiger charge is -2.26. The number of anilines is 6. The first-order chi connectivity index (χ1) is 49.1. The summed E-state index contributed by atoms with van der Waals surface area (Å²) in [5.41, 5.74) is 24.3. The molecule has 0 aliphatic heterocycles. The number of fused-ring (bicyclic) bond motifs is 9. The van der Waals surface area contributed by atoms with Crippen LogP contribution in [0, 0.1) is 0 Å². The van der Waals surface area contributed by atoms with Crippen molar-refractivity contribution >= 4 is 122 Å². The second kappa shape index (κ2) is 24.3. The molecule has 0 unspecified atom stereocenters. The molecule has 0 saturated heterocycles. The summed E-state index contributed by atoms with van der Waals surface area (Å²) in [6.45, 7) is 0. The SMILES string of the molecule is c1ccc(-c2ccc(-c3ccc(N(c4ccc(-c5ccc(N(c6ccc(-c7ccc(-c8ccccc8)s7)cc6)c6ccc7c(c6)oc6c(-n8c9ccccc9c9ccccc98)cccc67)cc5)cc4)c4ccc(-c5cccc6c5oc5c(-c7ccccc7)cccc56)cc4)cc3)s2)cc1. The second-order valence-electron chi connectivity index (χ2n) is 25.1. The van der Waals surface area contributed by atoms with Crippen LogP contribution in [0.4, 0.5) is 34.1 Å². The first-order valence-electron chi connectivity index (χ1n) is 33.4. The molecule has 0 fully saturated rings. The van der Waals surface area contributed by atoms with Gasteiger partial charge >= 0.3 is 0 Å². The molecule has 0 aliphatic rings. The average molecular weight is 1300 g/mol. The van der Waals surface area contributed by atoms with E-state index in [0.29, 0.717) is 0 Å². The summed E-state index contributed by atoms with van der Waals surface area (Å²) < 4.78 is 16.3. The lowest BCUT2D eigenvalue weighted by molar-refractivity contribution is 0.666. The van der Waals surface area contributed by atoms with Gasteiger partial charge in [-0.25, -0.2) is 0 Å². The number of hydrogen-bond donors (Lipinski definition) is 0. The van der Waals surface area contributed by atoms with Crippen LogP contribution in [0.25, 0.3) is 147 Å². The van der Waals surface area contributed by atoms with Crippen LogP contribution in [-0.2, 0) is 0 Å². The van der Waals surface area contributed by atoms with Crippen molar-refractivity contribution < 1.29 is 8.83 Å². The molecule has 0 atom stereocenters. The molecule has 0 amide bonds. The number of rotatable bonds is 14. The van der Waals surface area contributed by atoms with Crippen LogP contribution in [0.1, 0.15) is 0 Å². The van der Waals surface area contributed by atoms with Gasteiger partial charge in [0.05, 0.1) is 16.7 Å². The number of para-hydroxylation sites is 5. The van der Waals surface area contributed by atoms with Crippen molar-refractivity contribution in [3.05, 3.63) is 358 Å². The molecule has 0 aliphatic carbocycles. The van der Waals surface area contributed by atoms with Gasteiger partial charge in [0.15, 0.2) is 5.58 Å². The smallest absolute Gasteiger partial charge is 0.159 e. The summed E-state index contributed by atoms with van der Waals surface area (Å²) in [6.07, 6.45) is 0. The van der Waals surface area contributed by atoms with Gasteiger partial charge in [0.1, 0.15) is 16.7 Å². The maximum Gasteiger partial charge on any atom is 0.159 e. The Morgan fingerprint density at radius 3 is 1.01 bits per heavy atom. The fraction of sp³-hybridized carbons (Fsp3) is 0. The van der Waals surface area contributed by atoms with E-state index in [1.165, 1.54) is 52.5 Å². The van der Waals surface area contributed by atoms with Gasteiger partial charge in [-0.3, -0.25) is 0 Å². The van der Waals surface area contributed by atoms with Crippen molar-refractivity contribution in [3.63, 3.8) is 0 Å². The van der Waals surface area contributed by atoms with E-state index in [1.54, 1.807) is 0 Å². The summed E-state index contributed by atoms with van der Waals surface area (Å²) in [6, 6.07) is 129. The molecular formula is C92H59N3O2S2. The van der Waals surface area contributed by atoms with Crippen LogP contribution in [0.15, 0.2) is 367 Å². The highest BCUT2D eigenvalue weighted by Gasteiger charge is 2.23. The zero-order chi connectivity index (χ0) is 65.3. The molecule has 5 heterocycles. The Morgan fingerprint density at radius 2 is 0.556 bits per heavy atom. The van der Waals surface area contributed by atoms with E-state index >= 15 is 0 Å². The third-order valence-corrected chi connectivity index (χ3v) is 21.7. The molecule has 5 aromatic heterocycles. The number of benzene rings is 14. The monoisotopic (exact) mass is 1300 g/mol. The lowest BCUT2D eigenvalue weighted by atomic mass is 10.00. The van der Waals surface area contributed by atoms with Crippen LogP contribution < -0.4 is 9.80 Å². The van der Waals surface area contributed by atoms with Crippen molar-refractivity contribution in [2.24, 2.45) is 0 Å². The van der Waals surface area contributed by atoms with Crippen molar-refractivity contribution in [1.29, 1.82) is 0 Å². The molecule has 7 heteroatoms. The van der Waals surface area contributed by atoms with Crippen LogP contribution in [-0.4, -0.2) is 4.57 Å². The van der Waals surface area contributed by atoms with E-state index in [-0.39, 0.29) is 0 Å². The fourth-order valence-corrected chi connectivity index (χ4v) is 16.5. The van der Waals surface area contributed by atoms with Gasteiger partial charge < -0.3 is 23.2 Å². The molecular weight excluding hydrogens is 1240 g/mol. The molecule has 19 rings (SSSR count). The Balaban J connectivity index is 0.672. The largest absolute Gasteiger partial charge is 0.455 e. The third kappa shape index (κ3) is 10.3. The molecule has 0 radical (unpaired) electrons. The molecule has 0 spiro atoms. The van der Waals surface area contributed by atoms with E-state index in [2.05, 4.69) is 372 Å². The van der Waals surface area contributed by atoms with Crippen LogP contribution in [0.3, 0.4) is 0 Å². The highest BCUT2D eigenvalue weighted by atomic mass is 32.1. The Labute approximate surface area is 580 Å². The molecule has 5 nitrogen and oxygen atoms in total. The number of furan rings is 2. The van der Waals surface area contributed by atoms with Crippen molar-refractivity contribution in [1.82, 2.24) is 4.57 Å². The highest BCUT2D eigenvalue weighted by Crippen LogP contribution is 2.47. The van der Waals surface area contributed by atoms with Crippen LogP contribution >= 0.6 is 22.7 Å². The second-order valence-corrected chi connectivity index (χ2v) is 27.3. The van der Waals surface area contributed by atoms with E-state index in [1.807, 2.05) is 22.7 Å². The Kier molecular flexibility index (Phi) is 14.2. The molecule has 466 valence electrons. The van der Waals surface area contributed by atoms with Crippen molar-refractivity contribution in [2.45, 2.75) is 0 Å². The fourth-order valence-electron chi connectivity index (χ4n) is 14.5. The molecule has 99 heavy (non-hydrogen) atoms. The van der Waals surface area contributed by atoms with Gasteiger partial charge in [-0.1, -0.05) is 237 Å². The Bertz CT molecular complexity index is 6130. The van der Waals surface area contributed by atoms with Gasteiger partial charge in [0.25, 0.3) is 0 Å². The van der Waals surface area contributed by atoms with Crippen LogP contribution in [0.5, 0.6) is 0 Å². The van der Waals surface area contributed by atoms with Gasteiger partial charge in [-0.2, -0.15) is 0 Å². The molecule has 14 aromatic carbocycles. The van der Waals surface area contributed by atoms with Gasteiger partial charge in [-0.15, -0.1) is 22.7 Å². The summed E-state index contributed by atoms with van der Waals surface area (Å²) in [4.78, 5) is 9.65. The summed E-state index contributed by atoms with van der Waals surface area (Å²) >= 11 is 3.64. The Morgan fingerprint density at radius 1 is 0.222 bits per heavy atom. The minimum Gasteiger partial charge on any atom is -0.455 e. The topological polar surface area (TPSA) is 37.7 Å². The number of nitrogens with zero attached hydrogens (tertiary/aromatic N) is 3. The zero-order valence-corrected chi connectivity index (χ0v) is 55.2. The summed E-state index contributed by atoms with van der Waals surface area (Å²) in [5.74, 6) is 0. The number of aromatic nitrogens is 1. The van der Waals surface area contributed by atoms with Gasteiger partial charge in [0, 0.05) is 103 Å². The average Bonchev–Trinajstić information content (AvgIpc) is 1.59. The minimum absolute atomic E-state index is 0.819. The molecule has 19 aromatic rings. The highest BCUT2D eigenvalue weighted by molar-refractivity contribution is 7.19. The molecule has 0 saturated carbocycles. The summed E-state index contributed by atoms with van der Waals surface area (Å²) in [5, 5.41) is 6.78. The van der Waals surface area contributed by atoms with Crippen molar-refractivity contribution in [2.75, 3.05) is 9.80 Å². The van der Waals surface area contributed by atoms with Crippen LogP contribution in [0.2, 0.25) is 0 Å². The van der Waals surface area contributed by atoms with Crippen molar-refractivity contribution in [3.8, 4) is 80.8 Å². The van der Waals surface area contributed by atoms with E-state index in [4.69, 9.17) is 8.83 Å². The van der Waals surface area contributed by atoms with Gasteiger partial charge in [-0.05, 0) is 160 Å². The standard InChI is InChI=1S/C92H59N3O2S2/c1-4-17-62(18-5-1)74-25-14-27-80-81-28-15-26-75(91(81)97-90(74)80)63-37-47-69(48-38-63)93(70-49-39-66(40-50-70)88-57-55-86(98-88)64-19-6-2-7-20-64)68-43-33-60(34-44-68)61-35-45-71(46-36-61)94(72-51-41-67(42-52-72)89-58-56-87(99-89)65-21-8-3-9-22-65)73-53-54-78-79-29-16-32-84(92(79)96-85(78)59-73)95-82-30-12-10-23-76(82)77-24-11-13-31-83(77)95/h1-59H. The Hall–Kier alpha value is -12.5. The predicted molar refractivity (Wildman–Crippen MR) is 419 cm³/mol. The normalized spacial score (nSPS) is 11.6. The number of hydrogen-bond acceptors (Lipinski definition) is 6. The molecule has 0 N–H and O–H groups in total. The zero-order valence-electron chi connectivity index (χ0n) is 53.5. The first kappa shape index (κ1) is 57.9. The number of thiophene rings is 2. The maximum atomic E-state index is 7.09. The van der Waals surface area contributed by atoms with E-state index in [0.717, 1.165) is 128 Å². The van der Waals surface area contributed by atoms with E-state index in [9.17, 15) is 0 Å². The quantitative estimate of drug-likeness (QED) is 0.109. The molecule has 0 bridgehead atoms. The van der Waals surface area contributed by atoms with E-state index < -0.39 is 0 Å². The lowest BCUT2D eigenvalue weighted by Crippen LogP contribution is -2.10. The first-order valence-corrected chi connectivity index (χ1v) is 35.1. The third-order valence-electron chi connectivity index (χ3n) is 19.3. The minimum atomic E-state index is 0.819.